The van der Waals surface area contributed by atoms with E-state index in [1.165, 1.54) is 12.8 Å². The molecule has 0 aromatic heterocycles. The van der Waals surface area contributed by atoms with Gasteiger partial charge in [-0.05, 0) is 24.8 Å². The first-order valence-electron chi connectivity index (χ1n) is 6.88. The quantitative estimate of drug-likeness (QED) is 0.711. The van der Waals surface area contributed by atoms with Gasteiger partial charge in [0.05, 0.1) is 19.8 Å². The summed E-state index contributed by atoms with van der Waals surface area (Å²) in [4.78, 5) is 0. The Kier molecular flexibility index (Phi) is 5.63. The Balaban J connectivity index is 1.61. The molecule has 0 saturated heterocycles. The molecule has 1 aromatic rings. The van der Waals surface area contributed by atoms with Gasteiger partial charge in [-0.3, -0.25) is 0 Å². The zero-order chi connectivity index (χ0) is 13.5. The molecule has 1 fully saturated rings. The lowest BCUT2D eigenvalue weighted by Crippen LogP contribution is -2.30. The maximum Gasteiger partial charge on any atom is 0.123 e. The Bertz CT molecular complexity index is 379. The van der Waals surface area contributed by atoms with E-state index in [0.29, 0.717) is 19.7 Å². The van der Waals surface area contributed by atoms with E-state index in [4.69, 9.17) is 9.47 Å². The summed E-state index contributed by atoms with van der Waals surface area (Å²) in [5.41, 5.74) is 1.09. The number of benzene rings is 1. The molecule has 1 aliphatic rings. The number of ether oxygens (including phenoxy) is 2. The second-order valence-electron chi connectivity index (χ2n) is 5.08. The normalized spacial score (nSPS) is 16.3. The van der Waals surface area contributed by atoms with Crippen molar-refractivity contribution in [3.63, 3.8) is 0 Å². The molecule has 0 spiro atoms. The number of aliphatic hydroxyl groups is 1. The average molecular weight is 265 g/mol. The standard InChI is InChI=1S/C15H23NO3/c1-18-15-5-3-2-4-13(15)8-16-9-14(17)11-19-10-12-6-7-12/h2-5,12,14,16-17H,6-11H2,1H3. The highest BCUT2D eigenvalue weighted by Gasteiger charge is 2.21. The Hall–Kier alpha value is -1.10. The van der Waals surface area contributed by atoms with Gasteiger partial charge >= 0.3 is 0 Å². The lowest BCUT2D eigenvalue weighted by atomic mass is 10.2. The number of hydrogen-bond donors (Lipinski definition) is 2. The molecule has 1 saturated carbocycles. The van der Waals surface area contributed by atoms with Crippen molar-refractivity contribution in [2.45, 2.75) is 25.5 Å². The van der Waals surface area contributed by atoms with Gasteiger partial charge in [-0.25, -0.2) is 0 Å². The SMILES string of the molecule is COc1ccccc1CNCC(O)COCC1CC1. The highest BCUT2D eigenvalue weighted by molar-refractivity contribution is 5.32. The van der Waals surface area contributed by atoms with Crippen LogP contribution in [0.1, 0.15) is 18.4 Å². The molecular weight excluding hydrogens is 242 g/mol. The molecule has 2 N–H and O–H groups in total. The average Bonchev–Trinajstić information content (AvgIpc) is 3.23. The fourth-order valence-corrected chi connectivity index (χ4v) is 1.94. The minimum absolute atomic E-state index is 0.412. The lowest BCUT2D eigenvalue weighted by Gasteiger charge is -2.13. The van der Waals surface area contributed by atoms with Crippen molar-refractivity contribution in [2.24, 2.45) is 5.92 Å². The van der Waals surface area contributed by atoms with E-state index in [0.717, 1.165) is 23.8 Å². The Labute approximate surface area is 114 Å². The Morgan fingerprint density at radius 1 is 1.37 bits per heavy atom. The first kappa shape index (κ1) is 14.3. The minimum atomic E-state index is -0.451. The zero-order valence-electron chi connectivity index (χ0n) is 11.5. The van der Waals surface area contributed by atoms with Crippen molar-refractivity contribution >= 4 is 0 Å². The zero-order valence-corrected chi connectivity index (χ0v) is 11.5. The fourth-order valence-electron chi connectivity index (χ4n) is 1.94. The van der Waals surface area contributed by atoms with Crippen LogP contribution in [0.25, 0.3) is 0 Å². The molecule has 4 nitrogen and oxygen atoms in total. The second kappa shape index (κ2) is 7.48. The number of rotatable bonds is 9. The highest BCUT2D eigenvalue weighted by atomic mass is 16.5. The molecular formula is C15H23NO3. The van der Waals surface area contributed by atoms with Gasteiger partial charge in [0.25, 0.3) is 0 Å². The van der Waals surface area contributed by atoms with Gasteiger partial charge in [-0.15, -0.1) is 0 Å². The molecule has 0 bridgehead atoms. The van der Waals surface area contributed by atoms with Gasteiger partial charge in [0.15, 0.2) is 0 Å². The number of methoxy groups -OCH3 is 1. The third-order valence-electron chi connectivity index (χ3n) is 3.25. The highest BCUT2D eigenvalue weighted by Crippen LogP contribution is 2.28. The summed E-state index contributed by atoms with van der Waals surface area (Å²) in [6.45, 7) is 2.42. The van der Waals surface area contributed by atoms with Gasteiger partial charge in [0.1, 0.15) is 5.75 Å². The Morgan fingerprint density at radius 2 is 2.16 bits per heavy atom. The molecule has 2 rings (SSSR count). The number of aliphatic hydroxyl groups excluding tert-OH is 1. The van der Waals surface area contributed by atoms with Crippen molar-refractivity contribution in [3.8, 4) is 5.75 Å². The first-order chi connectivity index (χ1) is 9.29. The van der Waals surface area contributed by atoms with Crippen LogP contribution in [0.15, 0.2) is 24.3 Å². The third-order valence-corrected chi connectivity index (χ3v) is 3.25. The third kappa shape index (κ3) is 5.19. The molecule has 4 heteroatoms. The number of nitrogens with one attached hydrogen (secondary N) is 1. The summed E-state index contributed by atoms with van der Waals surface area (Å²) in [6, 6.07) is 7.88. The van der Waals surface area contributed by atoms with Crippen LogP contribution in [-0.4, -0.2) is 38.1 Å². The van der Waals surface area contributed by atoms with Gasteiger partial charge < -0.3 is 19.9 Å². The van der Waals surface area contributed by atoms with Crippen LogP contribution in [0.3, 0.4) is 0 Å². The number of hydrogen-bond acceptors (Lipinski definition) is 4. The van der Waals surface area contributed by atoms with Gasteiger partial charge in [0, 0.05) is 25.3 Å². The van der Waals surface area contributed by atoms with Gasteiger partial charge in [-0.1, -0.05) is 18.2 Å². The summed E-state index contributed by atoms with van der Waals surface area (Å²) >= 11 is 0. The summed E-state index contributed by atoms with van der Waals surface area (Å²) < 4.78 is 10.7. The molecule has 19 heavy (non-hydrogen) atoms. The topological polar surface area (TPSA) is 50.7 Å². The smallest absolute Gasteiger partial charge is 0.123 e. The molecule has 0 amide bonds. The monoisotopic (exact) mass is 265 g/mol. The van der Waals surface area contributed by atoms with Crippen molar-refractivity contribution < 1.29 is 14.6 Å². The Morgan fingerprint density at radius 3 is 2.89 bits per heavy atom. The maximum absolute atomic E-state index is 9.77. The van der Waals surface area contributed by atoms with E-state index in [9.17, 15) is 5.11 Å². The second-order valence-corrected chi connectivity index (χ2v) is 5.08. The molecule has 0 heterocycles. The summed E-state index contributed by atoms with van der Waals surface area (Å²) in [5, 5.41) is 13.0. The van der Waals surface area contributed by atoms with E-state index < -0.39 is 6.10 Å². The van der Waals surface area contributed by atoms with E-state index in [1.807, 2.05) is 24.3 Å². The van der Waals surface area contributed by atoms with Crippen LogP contribution in [0.2, 0.25) is 0 Å². The molecule has 1 unspecified atom stereocenters. The molecule has 1 aliphatic carbocycles. The maximum atomic E-state index is 9.77. The molecule has 1 aromatic carbocycles. The van der Waals surface area contributed by atoms with E-state index in [1.54, 1.807) is 7.11 Å². The van der Waals surface area contributed by atoms with Crippen LogP contribution in [0.5, 0.6) is 5.75 Å². The number of para-hydroxylation sites is 1. The molecule has 106 valence electrons. The van der Waals surface area contributed by atoms with E-state index in [2.05, 4.69) is 5.32 Å². The van der Waals surface area contributed by atoms with Crippen molar-refractivity contribution in [1.29, 1.82) is 0 Å². The van der Waals surface area contributed by atoms with Gasteiger partial charge in [-0.2, -0.15) is 0 Å². The van der Waals surface area contributed by atoms with Crippen LogP contribution < -0.4 is 10.1 Å². The largest absolute Gasteiger partial charge is 0.496 e. The van der Waals surface area contributed by atoms with Crippen LogP contribution >= 0.6 is 0 Å². The molecule has 0 radical (unpaired) electrons. The molecule has 1 atom stereocenters. The van der Waals surface area contributed by atoms with Crippen molar-refractivity contribution in [3.05, 3.63) is 29.8 Å². The van der Waals surface area contributed by atoms with Gasteiger partial charge in [0.2, 0.25) is 0 Å². The van der Waals surface area contributed by atoms with E-state index >= 15 is 0 Å². The lowest BCUT2D eigenvalue weighted by molar-refractivity contribution is 0.0324. The fraction of sp³-hybridized carbons (Fsp3) is 0.600. The minimum Gasteiger partial charge on any atom is -0.496 e. The van der Waals surface area contributed by atoms with Crippen molar-refractivity contribution in [2.75, 3.05) is 26.9 Å². The summed E-state index contributed by atoms with van der Waals surface area (Å²) in [7, 11) is 1.67. The summed E-state index contributed by atoms with van der Waals surface area (Å²) in [6.07, 6.45) is 2.11. The van der Waals surface area contributed by atoms with Crippen LogP contribution in [-0.2, 0) is 11.3 Å². The van der Waals surface area contributed by atoms with E-state index in [-0.39, 0.29) is 0 Å². The summed E-state index contributed by atoms with van der Waals surface area (Å²) in [5.74, 6) is 1.61. The van der Waals surface area contributed by atoms with Crippen molar-refractivity contribution in [1.82, 2.24) is 5.32 Å². The predicted molar refractivity (Wildman–Crippen MR) is 74.3 cm³/mol. The predicted octanol–water partition coefficient (Wildman–Crippen LogP) is 1.57. The molecule has 0 aliphatic heterocycles. The van der Waals surface area contributed by atoms with Crippen LogP contribution in [0.4, 0.5) is 0 Å². The first-order valence-corrected chi connectivity index (χ1v) is 6.88. The van der Waals surface area contributed by atoms with Crippen LogP contribution in [0, 0.1) is 5.92 Å².